The van der Waals surface area contributed by atoms with Gasteiger partial charge in [-0.2, -0.15) is 4.98 Å². The monoisotopic (exact) mass is 266 g/mol. The first-order chi connectivity index (χ1) is 7.53. The number of halogens is 1. The molecule has 0 saturated carbocycles. The van der Waals surface area contributed by atoms with E-state index in [1.165, 1.54) is 20.3 Å². The van der Waals surface area contributed by atoms with Crippen molar-refractivity contribution >= 4 is 18.5 Å². The summed E-state index contributed by atoms with van der Waals surface area (Å²) in [6, 6.07) is 1.54. The molecule has 0 atom stereocenters. The van der Waals surface area contributed by atoms with Crippen molar-refractivity contribution in [2.24, 2.45) is 0 Å². The Kier molecular flexibility index (Phi) is 4.73. The van der Waals surface area contributed by atoms with Gasteiger partial charge in [0.2, 0.25) is 5.88 Å². The maximum atomic E-state index is 12.4. The number of aromatic nitrogens is 2. The normalized spacial score (nSPS) is 11.5. The quantitative estimate of drug-likeness (QED) is 0.761. The number of alkyl halides is 1. The zero-order chi connectivity index (χ0) is 12.2. The second-order valence-electron chi connectivity index (χ2n) is 2.80. The molecule has 0 aliphatic heterocycles. The fourth-order valence-electron chi connectivity index (χ4n) is 0.969. The van der Waals surface area contributed by atoms with Crippen molar-refractivity contribution in [2.45, 2.75) is 13.6 Å². The topological polar surface area (TPSA) is 53.5 Å². The van der Waals surface area contributed by atoms with Crippen LogP contribution in [-0.2, 0) is 27.5 Å². The highest BCUT2D eigenvalue weighted by Crippen LogP contribution is 2.47. The average molecular weight is 266 g/mol. The third-order valence-electron chi connectivity index (χ3n) is 1.65. The molecule has 8 heteroatoms. The summed E-state index contributed by atoms with van der Waals surface area (Å²) < 4.78 is 27.6. The van der Waals surface area contributed by atoms with Crippen molar-refractivity contribution in [3.63, 3.8) is 0 Å². The molecule has 0 N–H and O–H groups in total. The minimum atomic E-state index is -2.83. The molecule has 0 unspecified atom stereocenters. The summed E-state index contributed by atoms with van der Waals surface area (Å²) in [5, 5.41) is 0. The predicted molar refractivity (Wildman–Crippen MR) is 60.5 cm³/mol. The highest BCUT2D eigenvalue weighted by Gasteiger charge is 2.19. The molecule has 1 aromatic rings. The van der Waals surface area contributed by atoms with Crippen LogP contribution in [0, 0.1) is 6.92 Å². The van der Waals surface area contributed by atoms with E-state index in [4.69, 9.17) is 25.4 Å². The number of hydrogen-bond acceptors (Lipinski definition) is 6. The van der Waals surface area contributed by atoms with E-state index in [9.17, 15) is 4.39 Å². The Morgan fingerprint density at radius 1 is 1.38 bits per heavy atom. The molecule has 90 valence electrons. The maximum Gasteiger partial charge on any atom is 0.381 e. The molecular weight excluding hydrogens is 254 g/mol. The van der Waals surface area contributed by atoms with Crippen LogP contribution < -0.4 is 4.52 Å². The number of aryl methyl sites for hydroxylation is 1. The van der Waals surface area contributed by atoms with Gasteiger partial charge in [0.25, 0.3) is 0 Å². The van der Waals surface area contributed by atoms with Crippen molar-refractivity contribution in [2.75, 3.05) is 14.2 Å². The predicted octanol–water partition coefficient (Wildman–Crippen LogP) is 2.15. The van der Waals surface area contributed by atoms with E-state index in [-0.39, 0.29) is 11.7 Å². The van der Waals surface area contributed by atoms with Gasteiger partial charge in [0.05, 0.1) is 0 Å². The Bertz CT molecular complexity index is 410. The van der Waals surface area contributed by atoms with Crippen molar-refractivity contribution in [1.29, 1.82) is 0 Å². The van der Waals surface area contributed by atoms with E-state index in [2.05, 4.69) is 9.97 Å². The van der Waals surface area contributed by atoms with Crippen molar-refractivity contribution in [1.82, 2.24) is 9.97 Å². The molecule has 1 aromatic heterocycles. The molecule has 0 aromatic carbocycles. The molecule has 1 heterocycles. The van der Waals surface area contributed by atoms with E-state index in [0.29, 0.717) is 5.69 Å². The van der Waals surface area contributed by atoms with Gasteiger partial charge in [-0.1, -0.05) is 0 Å². The lowest BCUT2D eigenvalue weighted by molar-refractivity contribution is 0.269. The highest BCUT2D eigenvalue weighted by atomic mass is 32.5. The Morgan fingerprint density at radius 2 is 2.00 bits per heavy atom. The Morgan fingerprint density at radius 3 is 2.50 bits per heavy atom. The van der Waals surface area contributed by atoms with E-state index in [1.807, 2.05) is 0 Å². The summed E-state index contributed by atoms with van der Waals surface area (Å²) in [5.41, 5.74) is 0.589. The number of nitrogens with zero attached hydrogens (tertiary/aromatic N) is 2. The van der Waals surface area contributed by atoms with Crippen LogP contribution in [0.25, 0.3) is 0 Å². The second-order valence-corrected chi connectivity index (χ2v) is 5.95. The molecule has 16 heavy (non-hydrogen) atoms. The van der Waals surface area contributed by atoms with Gasteiger partial charge < -0.3 is 13.6 Å². The van der Waals surface area contributed by atoms with Gasteiger partial charge in [0.1, 0.15) is 6.67 Å². The molecular formula is C8H12FN2O3PS. The third kappa shape index (κ3) is 3.45. The minimum absolute atomic E-state index is 0.0451. The first-order valence-corrected chi connectivity index (χ1v) is 6.90. The Labute approximate surface area is 98.2 Å². The van der Waals surface area contributed by atoms with Crippen LogP contribution in [0.3, 0.4) is 0 Å². The van der Waals surface area contributed by atoms with Crippen LogP contribution in [0.2, 0.25) is 0 Å². The lowest BCUT2D eigenvalue weighted by atomic mass is 10.4. The summed E-state index contributed by atoms with van der Waals surface area (Å²) in [6.45, 7) is -1.89. The summed E-state index contributed by atoms with van der Waals surface area (Å²) in [4.78, 5) is 7.69. The fourth-order valence-corrected chi connectivity index (χ4v) is 1.82. The summed E-state index contributed by atoms with van der Waals surface area (Å²) >= 11 is 5.00. The lowest BCUT2D eigenvalue weighted by Gasteiger charge is -2.17. The third-order valence-corrected chi connectivity index (χ3v) is 4.07. The van der Waals surface area contributed by atoms with Crippen LogP contribution in [0.4, 0.5) is 4.39 Å². The van der Waals surface area contributed by atoms with Crippen LogP contribution in [-0.4, -0.2) is 24.2 Å². The van der Waals surface area contributed by atoms with E-state index in [1.54, 1.807) is 6.92 Å². The van der Waals surface area contributed by atoms with Crippen molar-refractivity contribution < 1.29 is 18.0 Å². The second kappa shape index (κ2) is 5.63. The Hall–Kier alpha value is -0.620. The average Bonchev–Trinajstić information content (AvgIpc) is 2.28. The minimum Gasteiger partial charge on any atom is -0.406 e. The van der Waals surface area contributed by atoms with Gasteiger partial charge in [0, 0.05) is 37.8 Å². The van der Waals surface area contributed by atoms with Crippen LogP contribution in [0.1, 0.15) is 11.5 Å². The van der Waals surface area contributed by atoms with E-state index in [0.717, 1.165) is 0 Å². The molecule has 0 fully saturated rings. The molecule has 0 aliphatic carbocycles. The molecule has 0 amide bonds. The summed E-state index contributed by atoms with van der Waals surface area (Å²) in [5.74, 6) is 0.205. The molecule has 1 rings (SSSR count). The fraction of sp³-hybridized carbons (Fsp3) is 0.500. The van der Waals surface area contributed by atoms with E-state index < -0.39 is 13.4 Å². The summed E-state index contributed by atoms with van der Waals surface area (Å²) in [7, 11) is 2.77. The maximum absolute atomic E-state index is 12.4. The largest absolute Gasteiger partial charge is 0.406 e. The van der Waals surface area contributed by atoms with Crippen molar-refractivity contribution in [3.8, 4) is 5.88 Å². The van der Waals surface area contributed by atoms with Gasteiger partial charge >= 0.3 is 6.72 Å². The number of hydrogen-bond donors (Lipinski definition) is 0. The van der Waals surface area contributed by atoms with Gasteiger partial charge in [-0.25, -0.2) is 9.37 Å². The van der Waals surface area contributed by atoms with Gasteiger partial charge in [0.15, 0.2) is 5.82 Å². The number of rotatable bonds is 5. The Balaban J connectivity index is 2.96. The van der Waals surface area contributed by atoms with Gasteiger partial charge in [-0.3, -0.25) is 0 Å². The van der Waals surface area contributed by atoms with Crippen LogP contribution in [0.15, 0.2) is 6.07 Å². The molecule has 0 aliphatic rings. The zero-order valence-corrected chi connectivity index (χ0v) is 10.8. The van der Waals surface area contributed by atoms with Gasteiger partial charge in [-0.15, -0.1) is 0 Å². The lowest BCUT2D eigenvalue weighted by Crippen LogP contribution is -2.02. The summed E-state index contributed by atoms with van der Waals surface area (Å²) in [6.07, 6.45) is 0. The van der Waals surface area contributed by atoms with Crippen molar-refractivity contribution in [3.05, 3.63) is 17.6 Å². The zero-order valence-electron chi connectivity index (χ0n) is 9.14. The van der Waals surface area contributed by atoms with E-state index >= 15 is 0 Å². The molecule has 0 radical (unpaired) electrons. The smallest absolute Gasteiger partial charge is 0.381 e. The highest BCUT2D eigenvalue weighted by molar-refractivity contribution is 8.07. The van der Waals surface area contributed by atoms with Crippen LogP contribution >= 0.6 is 6.72 Å². The SMILES string of the molecule is COP(=S)(OC)Oc1cc(C)nc(CF)n1. The molecule has 0 bridgehead atoms. The van der Waals surface area contributed by atoms with Gasteiger partial charge in [-0.05, 0) is 6.92 Å². The molecule has 0 saturated heterocycles. The first-order valence-electron chi connectivity index (χ1n) is 4.34. The molecule has 5 nitrogen and oxygen atoms in total. The molecule has 0 spiro atoms. The van der Waals surface area contributed by atoms with Crippen LogP contribution in [0.5, 0.6) is 5.88 Å². The first kappa shape index (κ1) is 13.4. The standard InChI is InChI=1S/C8H12FN2O3PS/c1-6-4-8(11-7(5-9)10-6)14-15(16,12-2)13-3/h4H,5H2,1-3H3.